The number of para-hydroxylation sites is 1. The standard InChI is InChI=1S/C64H57N7O9/c1-40(42-18-7-4-8-19-42)65-63(76)70-51-29-28-41(17-16-31-69-52-27-14-13-26-50(52)66-67-69)35-49(51)64(62(70)75)55(60(73)68-32-30-45-37-53(77-2)54(78-3)38-47(45)39-68)57-61(74)80-58(44-22-11-6-12-23-44)56(43-20-9-5-10-21-43)71(57)59(64)46-24-15-25-48(36-46)79-34-33-72/h4-15,18-29,35-38,40,55-59,72H,30-34,39H2,1-3H3,(H,65,76). The summed E-state index contributed by atoms with van der Waals surface area (Å²) >= 11 is 0. The summed E-state index contributed by atoms with van der Waals surface area (Å²) in [6.45, 7) is 2.04. The number of aliphatic hydroxyl groups excluding tert-OH is 1. The highest BCUT2D eigenvalue weighted by Gasteiger charge is 2.76. The molecule has 0 radical (unpaired) electrons. The second-order valence-corrected chi connectivity index (χ2v) is 20.4. The van der Waals surface area contributed by atoms with E-state index in [-0.39, 0.29) is 38.5 Å². The lowest BCUT2D eigenvalue weighted by molar-refractivity contribution is -0.179. The number of fused-ring (bicyclic) bond motifs is 5. The molecule has 0 aliphatic carbocycles. The summed E-state index contributed by atoms with van der Waals surface area (Å²) in [7, 11) is 3.13. The summed E-state index contributed by atoms with van der Waals surface area (Å²) in [6, 6.07) is 47.6. The van der Waals surface area contributed by atoms with Crippen molar-refractivity contribution >= 4 is 40.5 Å². The monoisotopic (exact) mass is 1070 g/mol. The number of morpholine rings is 1. The van der Waals surface area contributed by atoms with Gasteiger partial charge in [-0.1, -0.05) is 132 Å². The van der Waals surface area contributed by atoms with Gasteiger partial charge in [-0.05, 0) is 107 Å². The number of ether oxygens (including phenoxy) is 4. The summed E-state index contributed by atoms with van der Waals surface area (Å²) in [5.74, 6) is 4.54. The summed E-state index contributed by atoms with van der Waals surface area (Å²) in [4.78, 5) is 70.2. The third-order valence-corrected chi connectivity index (χ3v) is 16.0. The number of nitrogens with zero attached hydrogens (tertiary/aromatic N) is 6. The average Bonchev–Trinajstić information content (AvgIpc) is 2.45. The van der Waals surface area contributed by atoms with Gasteiger partial charge in [0.05, 0.1) is 56.1 Å². The van der Waals surface area contributed by atoms with Crippen molar-refractivity contribution in [3.05, 3.63) is 214 Å². The van der Waals surface area contributed by atoms with Crippen LogP contribution in [-0.4, -0.2) is 93.7 Å². The maximum absolute atomic E-state index is 17.2. The maximum Gasteiger partial charge on any atom is 0.329 e. The number of carbonyl (C=O) groups excluding carboxylic acids is 4. The quantitative estimate of drug-likeness (QED) is 0.0881. The molecule has 8 aromatic rings. The zero-order valence-corrected chi connectivity index (χ0v) is 44.3. The number of carbonyl (C=O) groups is 4. The lowest BCUT2D eigenvalue weighted by Crippen LogP contribution is -2.57. The second kappa shape index (κ2) is 21.5. The fraction of sp³-hybridized carbons (Fsp3) is 0.250. The minimum Gasteiger partial charge on any atom is -0.493 e. The van der Waals surface area contributed by atoms with E-state index in [1.807, 2.05) is 145 Å². The molecule has 7 unspecified atom stereocenters. The molecule has 2 fully saturated rings. The van der Waals surface area contributed by atoms with Crippen LogP contribution in [0.15, 0.2) is 170 Å². The molecule has 12 rings (SSSR count). The van der Waals surface area contributed by atoms with Crippen LogP contribution in [0, 0.1) is 17.8 Å². The molecule has 1 spiro atoms. The molecule has 4 aliphatic rings. The number of rotatable bonds is 12. The molecular formula is C64H57N7O9. The van der Waals surface area contributed by atoms with Crippen molar-refractivity contribution in [2.45, 2.75) is 62.1 Å². The molecule has 16 heteroatoms. The van der Waals surface area contributed by atoms with Gasteiger partial charge in [-0.25, -0.2) is 14.4 Å². The first-order valence-electron chi connectivity index (χ1n) is 26.7. The first-order chi connectivity index (χ1) is 39.1. The number of methoxy groups -OCH3 is 2. The van der Waals surface area contributed by atoms with Gasteiger partial charge in [0.25, 0.3) is 0 Å². The fourth-order valence-electron chi connectivity index (χ4n) is 12.5. The van der Waals surface area contributed by atoms with Gasteiger partial charge in [-0.3, -0.25) is 19.3 Å². The Bertz CT molecular complexity index is 3730. The van der Waals surface area contributed by atoms with E-state index in [1.54, 1.807) is 60.2 Å². The van der Waals surface area contributed by atoms with E-state index in [2.05, 4.69) is 27.5 Å². The fourth-order valence-corrected chi connectivity index (χ4v) is 12.5. The number of urea groups is 1. The number of aromatic nitrogens is 3. The molecule has 2 N–H and O–H groups in total. The van der Waals surface area contributed by atoms with E-state index in [4.69, 9.17) is 18.9 Å². The second-order valence-electron chi connectivity index (χ2n) is 20.4. The molecule has 5 heterocycles. The zero-order valence-electron chi connectivity index (χ0n) is 44.3. The SMILES string of the molecule is COc1cc2c(cc1OC)CN(C(=O)C1C3C(=O)OC(c4ccccc4)C(c4ccccc4)N3C(c3cccc(OCCO)c3)C13C(=O)N(C(=O)NC(C)c1ccccc1)c1ccc(C#CCn4nnc5ccccc54)cc13)CC2. The molecule has 0 bridgehead atoms. The topological polar surface area (TPSA) is 178 Å². The van der Waals surface area contributed by atoms with Gasteiger partial charge in [0, 0.05) is 18.7 Å². The molecule has 7 atom stereocenters. The van der Waals surface area contributed by atoms with E-state index >= 15 is 19.2 Å². The van der Waals surface area contributed by atoms with Crippen LogP contribution in [0.4, 0.5) is 10.5 Å². The van der Waals surface area contributed by atoms with Gasteiger partial charge in [-0.2, -0.15) is 0 Å². The Hall–Kier alpha value is -9.30. The van der Waals surface area contributed by atoms with Crippen LogP contribution < -0.4 is 24.4 Å². The van der Waals surface area contributed by atoms with Gasteiger partial charge in [0.15, 0.2) is 11.5 Å². The summed E-state index contributed by atoms with van der Waals surface area (Å²) < 4.78 is 26.0. The number of esters is 1. The van der Waals surface area contributed by atoms with Crippen LogP contribution in [0.3, 0.4) is 0 Å². The molecule has 0 saturated carbocycles. The first-order valence-corrected chi connectivity index (χ1v) is 26.7. The highest BCUT2D eigenvalue weighted by molar-refractivity contribution is 6.24. The number of amides is 4. The van der Waals surface area contributed by atoms with Crippen molar-refractivity contribution in [2.24, 2.45) is 5.92 Å². The van der Waals surface area contributed by atoms with E-state index in [0.717, 1.165) is 38.2 Å². The predicted molar refractivity (Wildman–Crippen MR) is 297 cm³/mol. The lowest BCUT2D eigenvalue weighted by Gasteiger charge is -2.46. The van der Waals surface area contributed by atoms with Gasteiger partial charge < -0.3 is 34.3 Å². The molecule has 4 amide bonds. The van der Waals surface area contributed by atoms with Crippen molar-refractivity contribution in [1.29, 1.82) is 0 Å². The van der Waals surface area contributed by atoms with E-state index in [9.17, 15) is 5.11 Å². The zero-order chi connectivity index (χ0) is 55.1. The normalized spacial score (nSPS) is 21.4. The smallest absolute Gasteiger partial charge is 0.329 e. The van der Waals surface area contributed by atoms with Gasteiger partial charge >= 0.3 is 12.0 Å². The molecule has 16 nitrogen and oxygen atoms in total. The Morgan fingerprint density at radius 3 is 2.21 bits per heavy atom. The molecule has 1 aromatic heterocycles. The maximum atomic E-state index is 17.2. The number of benzene rings is 7. The number of aliphatic hydroxyl groups is 1. The molecule has 4 aliphatic heterocycles. The average molecular weight is 1070 g/mol. The Kier molecular flexibility index (Phi) is 13.8. The minimum atomic E-state index is -2.07. The van der Waals surface area contributed by atoms with Crippen LogP contribution in [0.25, 0.3) is 11.0 Å². The van der Waals surface area contributed by atoms with Gasteiger partial charge in [0.2, 0.25) is 11.8 Å². The predicted octanol–water partition coefficient (Wildman–Crippen LogP) is 8.59. The summed E-state index contributed by atoms with van der Waals surface area (Å²) in [5, 5.41) is 21.8. The largest absolute Gasteiger partial charge is 0.493 e. The van der Waals surface area contributed by atoms with Crippen LogP contribution in [0.2, 0.25) is 0 Å². The third-order valence-electron chi connectivity index (χ3n) is 16.0. The molecular weight excluding hydrogens is 1010 g/mol. The molecule has 402 valence electrons. The van der Waals surface area contributed by atoms with Crippen LogP contribution in [0.5, 0.6) is 17.2 Å². The third kappa shape index (κ3) is 8.84. The summed E-state index contributed by atoms with van der Waals surface area (Å²) in [5.41, 5.74) is 5.00. The van der Waals surface area contributed by atoms with Crippen LogP contribution in [0.1, 0.15) is 75.7 Å². The first kappa shape index (κ1) is 51.5. The van der Waals surface area contributed by atoms with E-state index < -0.39 is 65.4 Å². The Balaban J connectivity index is 1.12. The molecule has 7 aromatic carbocycles. The van der Waals surface area contributed by atoms with E-state index in [0.29, 0.717) is 45.9 Å². The number of hydrogen-bond acceptors (Lipinski definition) is 12. The van der Waals surface area contributed by atoms with Crippen molar-refractivity contribution in [2.75, 3.05) is 38.9 Å². The van der Waals surface area contributed by atoms with Crippen molar-refractivity contribution in [3.8, 4) is 29.1 Å². The van der Waals surface area contributed by atoms with Crippen molar-refractivity contribution in [1.82, 2.24) is 30.1 Å². The minimum absolute atomic E-state index is 0.0312. The highest BCUT2D eigenvalue weighted by Crippen LogP contribution is 2.66. The number of anilines is 1. The Morgan fingerprint density at radius 1 is 0.787 bits per heavy atom. The molecule has 2 saturated heterocycles. The molecule has 80 heavy (non-hydrogen) atoms. The van der Waals surface area contributed by atoms with Gasteiger partial charge in [0.1, 0.15) is 42.0 Å². The van der Waals surface area contributed by atoms with E-state index in [1.165, 1.54) is 0 Å². The van der Waals surface area contributed by atoms with Crippen molar-refractivity contribution in [3.63, 3.8) is 0 Å². The van der Waals surface area contributed by atoms with Gasteiger partial charge in [-0.15, -0.1) is 5.10 Å². The Labute approximate surface area is 462 Å². The summed E-state index contributed by atoms with van der Waals surface area (Å²) in [6.07, 6.45) is -0.519. The van der Waals surface area contributed by atoms with Crippen molar-refractivity contribution < 1.29 is 43.2 Å². The number of nitrogens with one attached hydrogen (secondary N) is 1. The number of hydrogen-bond donors (Lipinski definition) is 2. The van der Waals surface area contributed by atoms with Crippen LogP contribution in [-0.2, 0) is 44.0 Å². The highest BCUT2D eigenvalue weighted by atomic mass is 16.6. The number of imide groups is 1. The Morgan fingerprint density at radius 2 is 1.48 bits per heavy atom. The van der Waals surface area contributed by atoms with Crippen LogP contribution >= 0.6 is 0 Å². The number of cyclic esters (lactones) is 1. The lowest BCUT2D eigenvalue weighted by atomic mass is 9.64.